The number of hydrogen-bond donors (Lipinski definition) is 2. The molecule has 0 radical (unpaired) electrons. The molecule has 0 heterocycles. The Morgan fingerprint density at radius 3 is 2.46 bits per heavy atom. The molecule has 0 atom stereocenters. The summed E-state index contributed by atoms with van der Waals surface area (Å²) in [5.41, 5.74) is 4.61. The van der Waals surface area contributed by atoms with E-state index in [0.717, 1.165) is 6.42 Å². The van der Waals surface area contributed by atoms with Gasteiger partial charge < -0.3 is 10.5 Å². The minimum absolute atomic E-state index is 0.168. The molecule has 6 nitrogen and oxygen atoms in total. The predicted molar refractivity (Wildman–Crippen MR) is 43.6 cm³/mol. The maximum absolute atomic E-state index is 10.7. The number of hydrogen-bond acceptors (Lipinski definition) is 4. The van der Waals surface area contributed by atoms with Gasteiger partial charge in [-0.2, -0.15) is 0 Å². The van der Waals surface area contributed by atoms with E-state index in [0.29, 0.717) is 6.42 Å². The first-order chi connectivity index (χ1) is 6.07. The van der Waals surface area contributed by atoms with Crippen molar-refractivity contribution in [3.63, 3.8) is 0 Å². The molecule has 0 saturated heterocycles. The second-order valence-corrected chi connectivity index (χ2v) is 2.31. The van der Waals surface area contributed by atoms with Gasteiger partial charge in [-0.1, -0.05) is 13.3 Å². The van der Waals surface area contributed by atoms with Crippen molar-refractivity contribution in [2.45, 2.75) is 19.8 Å². The number of nitrogens with two attached hydrogens (primary N) is 1. The molecule has 0 rings (SSSR count). The monoisotopic (exact) mass is 188 g/mol. The molecule has 0 aliphatic rings. The van der Waals surface area contributed by atoms with Gasteiger partial charge in [-0.05, 0) is 6.42 Å². The van der Waals surface area contributed by atoms with Crippen molar-refractivity contribution in [3.05, 3.63) is 0 Å². The van der Waals surface area contributed by atoms with Crippen LogP contribution in [0.25, 0.3) is 0 Å². The lowest BCUT2D eigenvalue weighted by Crippen LogP contribution is -2.40. The molecule has 0 bridgehead atoms. The molecule has 0 saturated carbocycles. The lowest BCUT2D eigenvalue weighted by atomic mass is 10.4. The summed E-state index contributed by atoms with van der Waals surface area (Å²) in [6.45, 7) is 2.08. The Morgan fingerprint density at radius 1 is 1.38 bits per heavy atom. The van der Waals surface area contributed by atoms with Crippen molar-refractivity contribution in [2.75, 3.05) is 6.61 Å². The third kappa shape index (κ3) is 5.66. The molecule has 0 aromatic rings. The van der Waals surface area contributed by atoms with Crippen LogP contribution in [0.1, 0.15) is 19.8 Å². The number of unbranched alkanes of at least 4 members (excludes halogenated alkanes) is 1. The van der Waals surface area contributed by atoms with Crippen LogP contribution in [0.4, 0.5) is 4.79 Å². The summed E-state index contributed by atoms with van der Waals surface area (Å²) < 4.78 is 4.49. The van der Waals surface area contributed by atoms with Crippen LogP contribution in [0.5, 0.6) is 0 Å². The van der Waals surface area contributed by atoms with Crippen molar-refractivity contribution in [1.82, 2.24) is 5.32 Å². The Bertz CT molecular complexity index is 215. The van der Waals surface area contributed by atoms with Gasteiger partial charge in [0.2, 0.25) is 0 Å². The van der Waals surface area contributed by atoms with Crippen LogP contribution < -0.4 is 11.1 Å². The van der Waals surface area contributed by atoms with E-state index < -0.39 is 17.9 Å². The number of rotatable bonds is 3. The Hall–Kier alpha value is -1.59. The van der Waals surface area contributed by atoms with Crippen LogP contribution in [0.2, 0.25) is 0 Å². The number of imide groups is 1. The van der Waals surface area contributed by atoms with Crippen molar-refractivity contribution in [3.8, 4) is 0 Å². The summed E-state index contributed by atoms with van der Waals surface area (Å²) in [5.74, 6) is -2.23. The van der Waals surface area contributed by atoms with E-state index in [1.54, 1.807) is 5.32 Å². The van der Waals surface area contributed by atoms with Crippen molar-refractivity contribution in [2.24, 2.45) is 5.73 Å². The summed E-state index contributed by atoms with van der Waals surface area (Å²) in [5, 5.41) is 1.59. The van der Waals surface area contributed by atoms with Crippen LogP contribution in [0.15, 0.2) is 0 Å². The van der Waals surface area contributed by atoms with Gasteiger partial charge in [0.1, 0.15) is 0 Å². The number of carbonyl (C=O) groups excluding carboxylic acids is 3. The number of esters is 1. The van der Waals surface area contributed by atoms with Gasteiger partial charge in [0, 0.05) is 0 Å². The van der Waals surface area contributed by atoms with Gasteiger partial charge in [0.05, 0.1) is 6.61 Å². The summed E-state index contributed by atoms with van der Waals surface area (Å²) in [4.78, 5) is 31.5. The highest BCUT2D eigenvalue weighted by atomic mass is 16.5. The SMILES string of the molecule is CCCCOC(=O)C(=O)NC(N)=O. The zero-order valence-corrected chi connectivity index (χ0v) is 7.33. The van der Waals surface area contributed by atoms with E-state index in [9.17, 15) is 14.4 Å². The van der Waals surface area contributed by atoms with Gasteiger partial charge in [0.15, 0.2) is 0 Å². The second kappa shape index (κ2) is 5.99. The smallest absolute Gasteiger partial charge is 0.397 e. The molecule has 0 unspecified atom stereocenters. The van der Waals surface area contributed by atoms with Gasteiger partial charge in [-0.15, -0.1) is 0 Å². The number of primary amides is 1. The highest BCUT2D eigenvalue weighted by Crippen LogP contribution is 1.88. The number of ether oxygens (including phenoxy) is 1. The van der Waals surface area contributed by atoms with Crippen LogP contribution in [0.3, 0.4) is 0 Å². The third-order valence-corrected chi connectivity index (χ3v) is 1.15. The first-order valence-corrected chi connectivity index (χ1v) is 3.85. The quantitative estimate of drug-likeness (QED) is 0.355. The molecule has 0 aromatic heterocycles. The standard InChI is InChI=1S/C7H12N2O4/c1-2-3-4-13-6(11)5(10)9-7(8)12/h2-4H2,1H3,(H3,8,9,10,12). The van der Waals surface area contributed by atoms with Gasteiger partial charge in [-0.25, -0.2) is 9.59 Å². The van der Waals surface area contributed by atoms with Crippen molar-refractivity contribution < 1.29 is 19.1 Å². The molecule has 74 valence electrons. The number of carbonyl (C=O) groups is 3. The van der Waals surface area contributed by atoms with E-state index in [-0.39, 0.29) is 6.61 Å². The van der Waals surface area contributed by atoms with Crippen LogP contribution in [-0.4, -0.2) is 24.5 Å². The zero-order chi connectivity index (χ0) is 10.3. The molecule has 6 heteroatoms. The van der Waals surface area contributed by atoms with E-state index in [1.165, 1.54) is 0 Å². The Balaban J connectivity index is 3.70. The fraction of sp³-hybridized carbons (Fsp3) is 0.571. The number of amides is 3. The van der Waals surface area contributed by atoms with Gasteiger partial charge in [-0.3, -0.25) is 10.1 Å². The molecule has 13 heavy (non-hydrogen) atoms. The average Bonchev–Trinajstić information content (AvgIpc) is 2.03. The summed E-state index contributed by atoms with van der Waals surface area (Å²) >= 11 is 0. The van der Waals surface area contributed by atoms with E-state index in [2.05, 4.69) is 10.5 Å². The topological polar surface area (TPSA) is 98.5 Å². The first kappa shape index (κ1) is 11.4. The molecular formula is C7H12N2O4. The Kier molecular flexibility index (Phi) is 5.25. The van der Waals surface area contributed by atoms with Crippen LogP contribution in [0, 0.1) is 0 Å². The van der Waals surface area contributed by atoms with Gasteiger partial charge in [0.25, 0.3) is 0 Å². The average molecular weight is 188 g/mol. The number of nitrogens with one attached hydrogen (secondary N) is 1. The summed E-state index contributed by atoms with van der Waals surface area (Å²) in [6.07, 6.45) is 1.53. The highest BCUT2D eigenvalue weighted by Gasteiger charge is 2.16. The third-order valence-electron chi connectivity index (χ3n) is 1.15. The number of urea groups is 1. The fourth-order valence-corrected chi connectivity index (χ4v) is 0.538. The Labute approximate surface area is 75.4 Å². The molecule has 0 aliphatic heterocycles. The highest BCUT2D eigenvalue weighted by molar-refractivity contribution is 6.35. The second-order valence-electron chi connectivity index (χ2n) is 2.31. The maximum atomic E-state index is 10.7. The van der Waals surface area contributed by atoms with Crippen molar-refractivity contribution in [1.29, 1.82) is 0 Å². The fourth-order valence-electron chi connectivity index (χ4n) is 0.538. The molecule has 0 aliphatic carbocycles. The van der Waals surface area contributed by atoms with Crippen LogP contribution >= 0.6 is 0 Å². The molecule has 3 N–H and O–H groups in total. The molecule has 0 fully saturated rings. The van der Waals surface area contributed by atoms with E-state index in [1.807, 2.05) is 6.92 Å². The largest absolute Gasteiger partial charge is 0.459 e. The maximum Gasteiger partial charge on any atom is 0.397 e. The zero-order valence-electron chi connectivity index (χ0n) is 7.33. The van der Waals surface area contributed by atoms with Crippen LogP contribution in [-0.2, 0) is 14.3 Å². The predicted octanol–water partition coefficient (Wildman–Crippen LogP) is -0.475. The Morgan fingerprint density at radius 2 is 2.00 bits per heavy atom. The molecule has 0 aromatic carbocycles. The van der Waals surface area contributed by atoms with E-state index >= 15 is 0 Å². The lowest BCUT2D eigenvalue weighted by Gasteiger charge is -2.01. The summed E-state index contributed by atoms with van der Waals surface area (Å²) in [7, 11) is 0. The minimum Gasteiger partial charge on any atom is -0.459 e. The summed E-state index contributed by atoms with van der Waals surface area (Å²) in [6, 6.07) is -1.07. The molecular weight excluding hydrogens is 176 g/mol. The van der Waals surface area contributed by atoms with E-state index in [4.69, 9.17) is 0 Å². The first-order valence-electron chi connectivity index (χ1n) is 3.85. The van der Waals surface area contributed by atoms with Crippen molar-refractivity contribution >= 4 is 17.9 Å². The normalized spacial score (nSPS) is 9.00. The molecule has 3 amide bonds. The minimum atomic E-state index is -1.14. The lowest BCUT2D eigenvalue weighted by molar-refractivity contribution is -0.154. The molecule has 0 spiro atoms. The van der Waals surface area contributed by atoms with Gasteiger partial charge >= 0.3 is 17.9 Å².